The molecule has 1 atom stereocenters. The Bertz CT molecular complexity index is 1500. The minimum Gasteiger partial charge on any atom is -0.324 e. The maximum Gasteiger partial charge on any atom is 0.276 e. The Balaban J connectivity index is 1.21. The number of anilines is 1. The number of benzene rings is 2. The number of nitrogens with zero attached hydrogens (tertiary/aromatic N) is 5. The van der Waals surface area contributed by atoms with Gasteiger partial charge in [-0.1, -0.05) is 23.4 Å². The summed E-state index contributed by atoms with van der Waals surface area (Å²) in [6.45, 7) is 0.353. The van der Waals surface area contributed by atoms with Gasteiger partial charge in [-0.3, -0.25) is 29.3 Å². The third-order valence-electron chi connectivity index (χ3n) is 6.76. The van der Waals surface area contributed by atoms with E-state index in [0.717, 1.165) is 5.56 Å². The van der Waals surface area contributed by atoms with Gasteiger partial charge >= 0.3 is 0 Å². The third kappa shape index (κ3) is 4.01. The Morgan fingerprint density at radius 1 is 0.919 bits per heavy atom. The molecule has 1 saturated heterocycles. The van der Waals surface area contributed by atoms with Crippen LogP contribution in [0.25, 0.3) is 5.69 Å². The van der Waals surface area contributed by atoms with Gasteiger partial charge in [-0.05, 0) is 41.8 Å². The van der Waals surface area contributed by atoms with Gasteiger partial charge < -0.3 is 15.1 Å². The van der Waals surface area contributed by atoms with E-state index in [2.05, 4.69) is 20.9 Å². The predicted molar refractivity (Wildman–Crippen MR) is 127 cm³/mol. The van der Waals surface area contributed by atoms with Crippen molar-refractivity contribution in [3.63, 3.8) is 0 Å². The van der Waals surface area contributed by atoms with Crippen molar-refractivity contribution in [1.29, 1.82) is 0 Å². The molecule has 0 radical (unpaired) electrons. The number of amides is 5. The van der Waals surface area contributed by atoms with Crippen molar-refractivity contribution < 1.29 is 24.0 Å². The second-order valence-corrected chi connectivity index (χ2v) is 9.16. The molecule has 2 N–H and O–H groups in total. The van der Waals surface area contributed by atoms with Crippen LogP contribution in [0.2, 0.25) is 0 Å². The quantitative estimate of drug-likeness (QED) is 0.502. The number of aromatic nitrogens is 3. The van der Waals surface area contributed by atoms with Crippen molar-refractivity contribution in [2.75, 3.05) is 11.9 Å². The minimum atomic E-state index is -0.701. The van der Waals surface area contributed by atoms with E-state index >= 15 is 0 Å². The minimum absolute atomic E-state index is 0.0777. The van der Waals surface area contributed by atoms with Gasteiger partial charge in [0.05, 0.1) is 11.9 Å². The van der Waals surface area contributed by atoms with E-state index in [-0.39, 0.29) is 55.9 Å². The number of carbonyl (C=O) groups excluding carboxylic acids is 5. The van der Waals surface area contributed by atoms with Crippen LogP contribution in [-0.4, -0.2) is 66.9 Å². The first-order valence-electron chi connectivity index (χ1n) is 11.7. The van der Waals surface area contributed by atoms with Gasteiger partial charge in [-0.2, -0.15) is 0 Å². The van der Waals surface area contributed by atoms with Crippen molar-refractivity contribution >= 4 is 35.2 Å². The summed E-state index contributed by atoms with van der Waals surface area (Å²) in [5.41, 5.74) is 3.33. The van der Waals surface area contributed by atoms with Crippen molar-refractivity contribution in [3.8, 4) is 5.69 Å². The number of carbonyl (C=O) groups is 5. The summed E-state index contributed by atoms with van der Waals surface area (Å²) in [5, 5.41) is 13.2. The number of hydrogen-bond donors (Lipinski definition) is 2. The summed E-state index contributed by atoms with van der Waals surface area (Å²) in [7, 11) is 0. The molecule has 1 aromatic heterocycles. The fourth-order valence-corrected chi connectivity index (χ4v) is 4.90. The summed E-state index contributed by atoms with van der Waals surface area (Å²) in [4.78, 5) is 65.0. The highest BCUT2D eigenvalue weighted by Gasteiger charge is 2.39. The van der Waals surface area contributed by atoms with Crippen molar-refractivity contribution in [2.24, 2.45) is 0 Å². The normalized spacial score (nSPS) is 19.2. The standard InChI is InChI=1S/C25H21N7O5/c33-21-8-7-20(23(35)27-21)31-11-15-9-16(5-6-17(15)24(31)36)32-12-19(28-29-32)25(37)30-10-14-3-1-2-4-18(14)26-22(34)13-30/h1-6,9,12,20H,7-8,10-11,13H2,(H,26,34)(H,27,33,35). The maximum atomic E-state index is 13.2. The summed E-state index contributed by atoms with van der Waals surface area (Å²) < 4.78 is 1.43. The molecule has 37 heavy (non-hydrogen) atoms. The molecule has 3 aliphatic heterocycles. The zero-order valence-corrected chi connectivity index (χ0v) is 19.5. The van der Waals surface area contributed by atoms with Gasteiger partial charge in [0.15, 0.2) is 5.69 Å². The smallest absolute Gasteiger partial charge is 0.276 e. The van der Waals surface area contributed by atoms with Gasteiger partial charge in [0.2, 0.25) is 17.7 Å². The molecule has 12 heteroatoms. The van der Waals surface area contributed by atoms with Crippen LogP contribution < -0.4 is 10.6 Å². The summed E-state index contributed by atoms with van der Waals surface area (Å²) in [5.74, 6) is -1.81. The lowest BCUT2D eigenvalue weighted by Crippen LogP contribution is -2.52. The van der Waals surface area contributed by atoms with Gasteiger partial charge in [-0.25, -0.2) is 4.68 Å². The highest BCUT2D eigenvalue weighted by atomic mass is 16.2. The average Bonchev–Trinajstić information content (AvgIpc) is 3.44. The number of nitrogens with one attached hydrogen (secondary N) is 2. The van der Waals surface area contributed by atoms with E-state index in [9.17, 15) is 24.0 Å². The molecule has 2 aromatic carbocycles. The molecule has 0 aliphatic carbocycles. The lowest BCUT2D eigenvalue weighted by atomic mass is 10.0. The molecule has 0 saturated carbocycles. The summed E-state index contributed by atoms with van der Waals surface area (Å²) in [6, 6.07) is 11.7. The third-order valence-corrected chi connectivity index (χ3v) is 6.76. The van der Waals surface area contributed by atoms with E-state index in [1.54, 1.807) is 24.3 Å². The maximum absolute atomic E-state index is 13.2. The molecular weight excluding hydrogens is 478 g/mol. The Labute approximate surface area is 210 Å². The molecule has 5 amide bonds. The SMILES string of the molecule is O=C1CCC(N2Cc3cc(-n4cc(C(=O)N5CC(=O)Nc6ccccc6C5)nn4)ccc3C2=O)C(=O)N1. The Morgan fingerprint density at radius 2 is 1.76 bits per heavy atom. The van der Waals surface area contributed by atoms with Gasteiger partial charge in [0, 0.05) is 30.8 Å². The lowest BCUT2D eigenvalue weighted by Gasteiger charge is -2.29. The highest BCUT2D eigenvalue weighted by Crippen LogP contribution is 2.29. The first-order chi connectivity index (χ1) is 17.9. The molecule has 3 aliphatic rings. The van der Waals surface area contributed by atoms with Crippen molar-refractivity contribution in [2.45, 2.75) is 32.0 Å². The molecule has 6 rings (SSSR count). The van der Waals surface area contributed by atoms with Crippen LogP contribution in [0.1, 0.15) is 44.8 Å². The van der Waals surface area contributed by atoms with Gasteiger partial charge in [0.1, 0.15) is 12.6 Å². The largest absolute Gasteiger partial charge is 0.324 e. The molecule has 12 nitrogen and oxygen atoms in total. The number of piperidine rings is 1. The fourth-order valence-electron chi connectivity index (χ4n) is 4.90. The number of imide groups is 1. The molecule has 1 fully saturated rings. The van der Waals surface area contributed by atoms with E-state index < -0.39 is 17.9 Å². The summed E-state index contributed by atoms with van der Waals surface area (Å²) in [6.07, 6.45) is 1.94. The number of para-hydroxylation sites is 1. The molecular formula is C25H21N7O5. The van der Waals surface area contributed by atoms with Crippen LogP contribution in [0, 0.1) is 0 Å². The van der Waals surface area contributed by atoms with Gasteiger partial charge in [0.25, 0.3) is 11.8 Å². The first-order valence-corrected chi connectivity index (χ1v) is 11.7. The molecule has 4 heterocycles. The van der Waals surface area contributed by atoms with Crippen LogP contribution in [0.3, 0.4) is 0 Å². The van der Waals surface area contributed by atoms with E-state index in [1.165, 1.54) is 20.7 Å². The second-order valence-electron chi connectivity index (χ2n) is 9.16. The predicted octanol–water partition coefficient (Wildman–Crippen LogP) is 0.623. The Kier molecular flexibility index (Phi) is 5.29. The van der Waals surface area contributed by atoms with Crippen molar-refractivity contribution in [1.82, 2.24) is 30.1 Å². The number of rotatable bonds is 3. The molecule has 0 spiro atoms. The van der Waals surface area contributed by atoms with Crippen molar-refractivity contribution in [3.05, 3.63) is 71.0 Å². The van der Waals surface area contributed by atoms with Crippen LogP contribution in [0.5, 0.6) is 0 Å². The topological polar surface area (TPSA) is 147 Å². The van der Waals surface area contributed by atoms with Gasteiger partial charge in [-0.15, -0.1) is 5.10 Å². The van der Waals surface area contributed by atoms with E-state index in [0.29, 0.717) is 22.5 Å². The summed E-state index contributed by atoms with van der Waals surface area (Å²) >= 11 is 0. The molecule has 186 valence electrons. The zero-order chi connectivity index (χ0) is 25.7. The monoisotopic (exact) mass is 499 g/mol. The Hall–Kier alpha value is -4.87. The second kappa shape index (κ2) is 8.66. The van der Waals surface area contributed by atoms with Crippen LogP contribution in [-0.2, 0) is 27.5 Å². The first kappa shape index (κ1) is 22.6. The van der Waals surface area contributed by atoms with Crippen LogP contribution >= 0.6 is 0 Å². The average molecular weight is 499 g/mol. The number of hydrogen-bond acceptors (Lipinski definition) is 7. The molecule has 3 aromatic rings. The molecule has 1 unspecified atom stereocenters. The highest BCUT2D eigenvalue weighted by molar-refractivity contribution is 6.05. The van der Waals surface area contributed by atoms with E-state index in [4.69, 9.17) is 0 Å². The zero-order valence-electron chi connectivity index (χ0n) is 19.5. The lowest BCUT2D eigenvalue weighted by molar-refractivity contribution is -0.137. The van der Waals surface area contributed by atoms with Crippen LogP contribution in [0.15, 0.2) is 48.7 Å². The number of fused-ring (bicyclic) bond motifs is 2. The fraction of sp³-hybridized carbons (Fsp3) is 0.240. The molecule has 0 bridgehead atoms. The van der Waals surface area contributed by atoms with Crippen LogP contribution in [0.4, 0.5) is 5.69 Å². The Morgan fingerprint density at radius 3 is 2.59 bits per heavy atom. The van der Waals surface area contributed by atoms with E-state index in [1.807, 2.05) is 18.2 Å².